The molecule has 0 spiro atoms. The minimum Gasteiger partial charge on any atom is -0.494 e. The molecule has 0 aliphatic heterocycles. The highest BCUT2D eigenvalue weighted by molar-refractivity contribution is 5.94. The quantitative estimate of drug-likeness (QED) is 0.869. The van der Waals surface area contributed by atoms with Crippen molar-refractivity contribution in [2.24, 2.45) is 5.73 Å². The Morgan fingerprint density at radius 1 is 1.50 bits per heavy atom. The zero-order chi connectivity index (χ0) is 14.5. The molecular weight excluding hydrogens is 259 g/mol. The van der Waals surface area contributed by atoms with Crippen LogP contribution in [-0.4, -0.2) is 37.0 Å². The lowest BCUT2D eigenvalue weighted by Crippen LogP contribution is -2.45. The van der Waals surface area contributed by atoms with Crippen LogP contribution in [0.3, 0.4) is 0 Å². The van der Waals surface area contributed by atoms with Gasteiger partial charge in [0.25, 0.3) is 5.91 Å². The number of carbonyl (C=O) groups excluding carboxylic acids is 1. The zero-order valence-corrected chi connectivity index (χ0v) is 11.8. The number of hydrogen-bond acceptors (Lipinski definition) is 3. The predicted molar refractivity (Wildman–Crippen MR) is 75.3 cm³/mol. The number of benzene rings is 1. The van der Waals surface area contributed by atoms with E-state index >= 15 is 0 Å². The monoisotopic (exact) mass is 280 g/mol. The van der Waals surface area contributed by atoms with Gasteiger partial charge in [0.2, 0.25) is 0 Å². The summed E-state index contributed by atoms with van der Waals surface area (Å²) in [5.41, 5.74) is 5.89. The third kappa shape index (κ3) is 3.10. The van der Waals surface area contributed by atoms with E-state index in [2.05, 4.69) is 0 Å². The van der Waals surface area contributed by atoms with E-state index in [4.69, 9.17) is 10.5 Å². The molecule has 1 amide bonds. The molecule has 5 heteroatoms. The molecule has 1 aromatic rings. The van der Waals surface area contributed by atoms with Crippen LogP contribution in [0.1, 0.15) is 36.0 Å². The molecule has 0 unspecified atom stereocenters. The van der Waals surface area contributed by atoms with Crippen molar-refractivity contribution >= 4 is 5.91 Å². The van der Waals surface area contributed by atoms with Gasteiger partial charge in [0, 0.05) is 18.2 Å². The second kappa shape index (κ2) is 6.70. The largest absolute Gasteiger partial charge is 0.494 e. The first-order valence-corrected chi connectivity index (χ1v) is 7.02. The summed E-state index contributed by atoms with van der Waals surface area (Å²) in [7, 11) is 1.40. The van der Waals surface area contributed by atoms with Gasteiger partial charge < -0.3 is 15.4 Å². The Labute approximate surface area is 118 Å². The Balaban J connectivity index is 2.15. The van der Waals surface area contributed by atoms with E-state index in [0.717, 1.165) is 25.7 Å². The van der Waals surface area contributed by atoms with Crippen molar-refractivity contribution in [3.05, 3.63) is 29.6 Å². The molecule has 1 fully saturated rings. The predicted octanol–water partition coefficient (Wildman–Crippen LogP) is 2.18. The number of hydrogen-bond donors (Lipinski definition) is 1. The van der Waals surface area contributed by atoms with Gasteiger partial charge in [-0.25, -0.2) is 4.39 Å². The number of halogens is 1. The van der Waals surface area contributed by atoms with Crippen LogP contribution in [0.2, 0.25) is 0 Å². The highest BCUT2D eigenvalue weighted by Crippen LogP contribution is 2.27. The van der Waals surface area contributed by atoms with E-state index in [1.165, 1.54) is 19.2 Å². The van der Waals surface area contributed by atoms with E-state index < -0.39 is 5.82 Å². The first kappa shape index (κ1) is 14.8. The molecule has 0 saturated heterocycles. The van der Waals surface area contributed by atoms with Gasteiger partial charge in [0.05, 0.1) is 7.11 Å². The molecule has 0 atom stereocenters. The fourth-order valence-corrected chi connectivity index (χ4v) is 2.38. The highest BCUT2D eigenvalue weighted by Gasteiger charge is 2.29. The van der Waals surface area contributed by atoms with Crippen molar-refractivity contribution in [1.82, 2.24) is 4.90 Å². The molecule has 0 radical (unpaired) electrons. The average molecular weight is 280 g/mol. The van der Waals surface area contributed by atoms with Gasteiger partial charge in [-0.2, -0.15) is 0 Å². The number of rotatable bonds is 6. The Morgan fingerprint density at radius 3 is 2.75 bits per heavy atom. The molecule has 0 heterocycles. The number of carbonyl (C=O) groups is 1. The summed E-state index contributed by atoms with van der Waals surface area (Å²) in [5, 5.41) is 0. The average Bonchev–Trinajstić information content (AvgIpc) is 2.40. The van der Waals surface area contributed by atoms with E-state index in [1.54, 1.807) is 6.07 Å². The third-order valence-electron chi connectivity index (χ3n) is 3.78. The van der Waals surface area contributed by atoms with E-state index in [9.17, 15) is 9.18 Å². The van der Waals surface area contributed by atoms with Gasteiger partial charge in [-0.15, -0.1) is 0 Å². The maximum Gasteiger partial charge on any atom is 0.254 e. The SMILES string of the molecule is COc1ccc(C(=O)N(CCCN)C2CCC2)cc1F. The Hall–Kier alpha value is -1.62. The molecular formula is C15H21FN2O2. The molecule has 0 aromatic heterocycles. The molecule has 4 nitrogen and oxygen atoms in total. The van der Waals surface area contributed by atoms with E-state index in [-0.39, 0.29) is 17.7 Å². The summed E-state index contributed by atoms with van der Waals surface area (Å²) < 4.78 is 18.6. The Bertz CT molecular complexity index is 475. The maximum absolute atomic E-state index is 13.7. The van der Waals surface area contributed by atoms with Crippen LogP contribution in [0, 0.1) is 5.82 Å². The summed E-state index contributed by atoms with van der Waals surface area (Å²) in [6.45, 7) is 1.18. The summed E-state index contributed by atoms with van der Waals surface area (Å²) in [5.74, 6) is -0.478. The topological polar surface area (TPSA) is 55.6 Å². The molecule has 2 N–H and O–H groups in total. The zero-order valence-electron chi connectivity index (χ0n) is 11.8. The van der Waals surface area contributed by atoms with Crippen LogP contribution in [0.25, 0.3) is 0 Å². The summed E-state index contributed by atoms with van der Waals surface area (Å²) in [6.07, 6.45) is 3.96. The summed E-state index contributed by atoms with van der Waals surface area (Å²) >= 11 is 0. The van der Waals surface area contributed by atoms with Crippen molar-refractivity contribution in [1.29, 1.82) is 0 Å². The first-order valence-electron chi connectivity index (χ1n) is 7.02. The van der Waals surface area contributed by atoms with Gasteiger partial charge in [-0.05, 0) is 50.4 Å². The van der Waals surface area contributed by atoms with Gasteiger partial charge >= 0.3 is 0 Å². The maximum atomic E-state index is 13.7. The van der Waals surface area contributed by atoms with Gasteiger partial charge in [-0.3, -0.25) is 4.79 Å². The van der Waals surface area contributed by atoms with Crippen LogP contribution in [0.5, 0.6) is 5.75 Å². The van der Waals surface area contributed by atoms with Crippen LogP contribution < -0.4 is 10.5 Å². The fourth-order valence-electron chi connectivity index (χ4n) is 2.38. The van der Waals surface area contributed by atoms with Gasteiger partial charge in [-0.1, -0.05) is 0 Å². The minimum absolute atomic E-state index is 0.121. The molecule has 1 aliphatic carbocycles. The molecule has 0 bridgehead atoms. The normalized spacial score (nSPS) is 14.8. The second-order valence-electron chi connectivity index (χ2n) is 5.07. The fraction of sp³-hybridized carbons (Fsp3) is 0.533. The van der Waals surface area contributed by atoms with Crippen molar-refractivity contribution in [3.63, 3.8) is 0 Å². The lowest BCUT2D eigenvalue weighted by Gasteiger charge is -2.37. The van der Waals surface area contributed by atoms with Crippen LogP contribution >= 0.6 is 0 Å². The minimum atomic E-state index is -0.509. The third-order valence-corrected chi connectivity index (χ3v) is 3.78. The summed E-state index contributed by atoms with van der Waals surface area (Å²) in [4.78, 5) is 14.3. The van der Waals surface area contributed by atoms with Crippen LogP contribution in [0.15, 0.2) is 18.2 Å². The number of ether oxygens (including phenoxy) is 1. The molecule has 2 rings (SSSR count). The number of nitrogens with zero attached hydrogens (tertiary/aromatic N) is 1. The summed E-state index contributed by atoms with van der Waals surface area (Å²) in [6, 6.07) is 4.62. The van der Waals surface area contributed by atoms with Crippen molar-refractivity contribution in [2.75, 3.05) is 20.2 Å². The van der Waals surface area contributed by atoms with Crippen molar-refractivity contribution in [3.8, 4) is 5.75 Å². The number of amides is 1. The Kier molecular flexibility index (Phi) is 4.95. The lowest BCUT2D eigenvalue weighted by molar-refractivity contribution is 0.0578. The second-order valence-corrected chi connectivity index (χ2v) is 5.07. The van der Waals surface area contributed by atoms with Crippen molar-refractivity contribution in [2.45, 2.75) is 31.7 Å². The smallest absolute Gasteiger partial charge is 0.254 e. The molecule has 1 aromatic carbocycles. The molecule has 1 saturated carbocycles. The number of nitrogens with two attached hydrogens (primary N) is 1. The molecule has 110 valence electrons. The van der Waals surface area contributed by atoms with Crippen LogP contribution in [0.4, 0.5) is 4.39 Å². The lowest BCUT2D eigenvalue weighted by atomic mass is 9.90. The van der Waals surface area contributed by atoms with Gasteiger partial charge in [0.1, 0.15) is 0 Å². The molecule has 20 heavy (non-hydrogen) atoms. The van der Waals surface area contributed by atoms with Crippen molar-refractivity contribution < 1.29 is 13.9 Å². The van der Waals surface area contributed by atoms with E-state index in [1.807, 2.05) is 4.90 Å². The van der Waals surface area contributed by atoms with E-state index in [0.29, 0.717) is 18.7 Å². The number of methoxy groups -OCH3 is 1. The highest BCUT2D eigenvalue weighted by atomic mass is 19.1. The molecule has 1 aliphatic rings. The first-order chi connectivity index (χ1) is 9.67. The Morgan fingerprint density at radius 2 is 2.25 bits per heavy atom. The standard InChI is InChI=1S/C15H21FN2O2/c1-20-14-7-6-11(10-13(14)16)15(19)18(9-3-8-17)12-4-2-5-12/h6-7,10,12H,2-5,8-9,17H2,1H3. The van der Waals surface area contributed by atoms with Gasteiger partial charge in [0.15, 0.2) is 11.6 Å². The van der Waals surface area contributed by atoms with Crippen LogP contribution in [-0.2, 0) is 0 Å².